The highest BCUT2D eigenvalue weighted by molar-refractivity contribution is 6.33. The highest BCUT2D eigenvalue weighted by Crippen LogP contribution is 2.23. The van der Waals surface area contributed by atoms with Crippen LogP contribution >= 0.6 is 11.6 Å². The third-order valence-corrected chi connectivity index (χ3v) is 3.29. The van der Waals surface area contributed by atoms with E-state index < -0.39 is 0 Å². The highest BCUT2D eigenvalue weighted by atomic mass is 35.5. The molecule has 2 aromatic carbocycles. The van der Waals surface area contributed by atoms with Gasteiger partial charge in [-0.3, -0.25) is 0 Å². The largest absolute Gasteiger partial charge is 0.494 e. The van der Waals surface area contributed by atoms with Gasteiger partial charge in [0.15, 0.2) is 0 Å². The molecular weight excluding hydrogens is 270 g/mol. The van der Waals surface area contributed by atoms with Crippen molar-refractivity contribution in [1.29, 1.82) is 0 Å². The van der Waals surface area contributed by atoms with Crippen LogP contribution in [-0.2, 0) is 6.54 Å². The number of aryl methyl sites for hydroxylation is 1. The first-order valence-corrected chi connectivity index (χ1v) is 7.28. The number of halogens is 1. The standard InChI is InChI=1S/C17H20ClNO/c1-3-9-20-15-6-4-5-14(11-15)12-19-17-8-7-13(2)10-16(17)18/h4-8,10-11,19H,3,9,12H2,1-2H3. The van der Waals surface area contributed by atoms with E-state index in [9.17, 15) is 0 Å². The number of rotatable bonds is 6. The summed E-state index contributed by atoms with van der Waals surface area (Å²) in [5, 5.41) is 4.11. The number of anilines is 1. The summed E-state index contributed by atoms with van der Waals surface area (Å²) in [4.78, 5) is 0. The van der Waals surface area contributed by atoms with Crippen LogP contribution in [0.4, 0.5) is 5.69 Å². The van der Waals surface area contributed by atoms with Gasteiger partial charge in [-0.1, -0.05) is 36.7 Å². The van der Waals surface area contributed by atoms with E-state index in [0.29, 0.717) is 0 Å². The smallest absolute Gasteiger partial charge is 0.119 e. The zero-order chi connectivity index (χ0) is 14.4. The van der Waals surface area contributed by atoms with Gasteiger partial charge in [0.2, 0.25) is 0 Å². The molecule has 0 bridgehead atoms. The number of benzene rings is 2. The van der Waals surface area contributed by atoms with Crippen LogP contribution in [0, 0.1) is 6.92 Å². The topological polar surface area (TPSA) is 21.3 Å². The number of hydrogen-bond acceptors (Lipinski definition) is 2. The third kappa shape index (κ3) is 4.17. The lowest BCUT2D eigenvalue weighted by molar-refractivity contribution is 0.317. The van der Waals surface area contributed by atoms with Crippen LogP contribution in [-0.4, -0.2) is 6.61 Å². The molecule has 20 heavy (non-hydrogen) atoms. The lowest BCUT2D eigenvalue weighted by Gasteiger charge is -2.10. The van der Waals surface area contributed by atoms with Crippen molar-refractivity contribution in [3.05, 3.63) is 58.6 Å². The minimum absolute atomic E-state index is 0.728. The molecule has 0 atom stereocenters. The van der Waals surface area contributed by atoms with Gasteiger partial charge in [0, 0.05) is 6.54 Å². The number of ether oxygens (including phenoxy) is 1. The molecule has 0 heterocycles. The molecular formula is C17H20ClNO. The fourth-order valence-corrected chi connectivity index (χ4v) is 2.23. The first kappa shape index (κ1) is 14.7. The molecule has 0 saturated carbocycles. The third-order valence-electron chi connectivity index (χ3n) is 2.98. The van der Waals surface area contributed by atoms with Crippen molar-refractivity contribution in [2.24, 2.45) is 0 Å². The number of nitrogens with one attached hydrogen (secondary N) is 1. The molecule has 0 unspecified atom stereocenters. The Hall–Kier alpha value is -1.67. The molecule has 0 aliphatic carbocycles. The monoisotopic (exact) mass is 289 g/mol. The van der Waals surface area contributed by atoms with Crippen LogP contribution in [0.15, 0.2) is 42.5 Å². The van der Waals surface area contributed by atoms with Gasteiger partial charge < -0.3 is 10.1 Å². The number of hydrogen-bond donors (Lipinski definition) is 1. The summed E-state index contributed by atoms with van der Waals surface area (Å²) in [5.41, 5.74) is 3.29. The molecule has 3 heteroatoms. The zero-order valence-corrected chi connectivity index (χ0v) is 12.7. The molecule has 2 rings (SSSR count). The maximum absolute atomic E-state index is 6.21. The van der Waals surface area contributed by atoms with Gasteiger partial charge in [-0.15, -0.1) is 0 Å². The van der Waals surface area contributed by atoms with Gasteiger partial charge in [-0.05, 0) is 48.7 Å². The van der Waals surface area contributed by atoms with Crippen LogP contribution in [0.3, 0.4) is 0 Å². The van der Waals surface area contributed by atoms with E-state index in [1.807, 2.05) is 31.2 Å². The predicted molar refractivity (Wildman–Crippen MR) is 85.7 cm³/mol. The summed E-state index contributed by atoms with van der Waals surface area (Å²) in [6, 6.07) is 14.2. The maximum atomic E-state index is 6.21. The summed E-state index contributed by atoms with van der Waals surface area (Å²) in [6.45, 7) is 5.61. The second kappa shape index (κ2) is 7.20. The van der Waals surface area contributed by atoms with Gasteiger partial charge in [0.25, 0.3) is 0 Å². The Labute approximate surface area is 125 Å². The summed E-state index contributed by atoms with van der Waals surface area (Å²) in [5.74, 6) is 0.918. The van der Waals surface area contributed by atoms with Gasteiger partial charge in [0.05, 0.1) is 17.3 Å². The predicted octanol–water partition coefficient (Wildman–Crippen LogP) is 5.05. The van der Waals surface area contributed by atoms with E-state index >= 15 is 0 Å². The minimum Gasteiger partial charge on any atom is -0.494 e. The summed E-state index contributed by atoms with van der Waals surface area (Å²) in [7, 11) is 0. The molecule has 0 fully saturated rings. The lowest BCUT2D eigenvalue weighted by Crippen LogP contribution is -2.01. The van der Waals surface area contributed by atoms with Crippen LogP contribution in [0.1, 0.15) is 24.5 Å². The van der Waals surface area contributed by atoms with Crippen molar-refractivity contribution in [2.75, 3.05) is 11.9 Å². The van der Waals surface area contributed by atoms with Crippen molar-refractivity contribution >= 4 is 17.3 Å². The molecule has 2 aromatic rings. The van der Waals surface area contributed by atoms with Crippen molar-refractivity contribution in [3.8, 4) is 5.75 Å². The fraction of sp³-hybridized carbons (Fsp3) is 0.294. The van der Waals surface area contributed by atoms with E-state index in [-0.39, 0.29) is 0 Å². The van der Waals surface area contributed by atoms with Gasteiger partial charge >= 0.3 is 0 Å². The Morgan fingerprint density at radius 1 is 1.15 bits per heavy atom. The van der Waals surface area contributed by atoms with Gasteiger partial charge in [-0.25, -0.2) is 0 Å². The second-order valence-corrected chi connectivity index (χ2v) is 5.24. The quantitative estimate of drug-likeness (QED) is 0.803. The first-order valence-electron chi connectivity index (χ1n) is 6.91. The van der Waals surface area contributed by atoms with Crippen LogP contribution in [0.2, 0.25) is 5.02 Å². The maximum Gasteiger partial charge on any atom is 0.119 e. The Morgan fingerprint density at radius 3 is 2.75 bits per heavy atom. The molecule has 0 aliphatic rings. The van der Waals surface area contributed by atoms with Crippen LogP contribution < -0.4 is 10.1 Å². The van der Waals surface area contributed by atoms with Crippen molar-refractivity contribution in [3.63, 3.8) is 0 Å². The molecule has 1 N–H and O–H groups in total. The molecule has 0 spiro atoms. The van der Waals surface area contributed by atoms with E-state index in [0.717, 1.165) is 41.6 Å². The van der Waals surface area contributed by atoms with Crippen LogP contribution in [0.5, 0.6) is 5.75 Å². The highest BCUT2D eigenvalue weighted by Gasteiger charge is 2.01. The Kier molecular flexibility index (Phi) is 5.31. The average molecular weight is 290 g/mol. The molecule has 0 aromatic heterocycles. The Morgan fingerprint density at radius 2 is 2.00 bits per heavy atom. The zero-order valence-electron chi connectivity index (χ0n) is 11.9. The van der Waals surface area contributed by atoms with E-state index in [2.05, 4.69) is 30.4 Å². The van der Waals surface area contributed by atoms with Crippen molar-refractivity contribution in [2.45, 2.75) is 26.8 Å². The Balaban J connectivity index is 1.99. The van der Waals surface area contributed by atoms with E-state index in [1.54, 1.807) is 0 Å². The van der Waals surface area contributed by atoms with E-state index in [1.165, 1.54) is 5.56 Å². The SMILES string of the molecule is CCCOc1cccc(CNc2ccc(C)cc2Cl)c1. The molecule has 106 valence electrons. The van der Waals surface area contributed by atoms with Crippen LogP contribution in [0.25, 0.3) is 0 Å². The molecule has 0 radical (unpaired) electrons. The summed E-state index contributed by atoms with van der Waals surface area (Å²) in [6.07, 6.45) is 1.02. The fourth-order valence-electron chi connectivity index (χ4n) is 1.93. The van der Waals surface area contributed by atoms with Crippen molar-refractivity contribution < 1.29 is 4.74 Å². The normalized spacial score (nSPS) is 10.3. The van der Waals surface area contributed by atoms with Gasteiger partial charge in [0.1, 0.15) is 5.75 Å². The molecule has 0 saturated heterocycles. The molecule has 0 aliphatic heterocycles. The second-order valence-electron chi connectivity index (χ2n) is 4.83. The summed E-state index contributed by atoms with van der Waals surface area (Å²) < 4.78 is 5.63. The van der Waals surface area contributed by atoms with E-state index in [4.69, 9.17) is 16.3 Å². The first-order chi connectivity index (χ1) is 9.69. The van der Waals surface area contributed by atoms with Crippen molar-refractivity contribution in [1.82, 2.24) is 0 Å². The molecule has 0 amide bonds. The lowest BCUT2D eigenvalue weighted by atomic mass is 10.2. The Bertz CT molecular complexity index is 569. The molecule has 2 nitrogen and oxygen atoms in total. The van der Waals surface area contributed by atoms with Gasteiger partial charge in [-0.2, -0.15) is 0 Å². The minimum atomic E-state index is 0.728. The average Bonchev–Trinajstić information content (AvgIpc) is 2.45. The summed E-state index contributed by atoms with van der Waals surface area (Å²) >= 11 is 6.21.